The van der Waals surface area contributed by atoms with Crippen LogP contribution < -0.4 is 0 Å². The molecule has 1 aromatic rings. The normalized spacial score (nSPS) is 17.7. The zero-order chi connectivity index (χ0) is 13.0. The zero-order valence-corrected chi connectivity index (χ0v) is 11.1. The van der Waals surface area contributed by atoms with Crippen molar-refractivity contribution in [2.45, 2.75) is 19.4 Å². The van der Waals surface area contributed by atoms with Crippen molar-refractivity contribution in [1.82, 2.24) is 14.9 Å². The second-order valence-corrected chi connectivity index (χ2v) is 4.79. The van der Waals surface area contributed by atoms with Gasteiger partial charge in [-0.3, -0.25) is 14.7 Å². The van der Waals surface area contributed by atoms with Crippen LogP contribution in [0.5, 0.6) is 0 Å². The lowest BCUT2D eigenvalue weighted by Crippen LogP contribution is -2.36. The smallest absolute Gasteiger partial charge is 0.308 e. The molecule has 1 fully saturated rings. The maximum atomic E-state index is 11.4. The summed E-state index contributed by atoms with van der Waals surface area (Å²) >= 11 is 5.69. The molecule has 0 spiro atoms. The van der Waals surface area contributed by atoms with Gasteiger partial charge in [0.2, 0.25) is 0 Å². The maximum Gasteiger partial charge on any atom is 0.308 e. The number of methoxy groups -OCH3 is 1. The summed E-state index contributed by atoms with van der Waals surface area (Å²) < 4.78 is 4.76. The van der Waals surface area contributed by atoms with Gasteiger partial charge in [0.15, 0.2) is 0 Å². The number of likely N-dealkylation sites (tertiary alicyclic amines) is 1. The second kappa shape index (κ2) is 6.11. The van der Waals surface area contributed by atoms with E-state index in [2.05, 4.69) is 14.9 Å². The van der Waals surface area contributed by atoms with E-state index in [-0.39, 0.29) is 11.9 Å². The van der Waals surface area contributed by atoms with Crippen LogP contribution in [-0.4, -0.2) is 41.0 Å². The summed E-state index contributed by atoms with van der Waals surface area (Å²) in [6, 6.07) is 0. The van der Waals surface area contributed by atoms with Crippen molar-refractivity contribution in [2.75, 3.05) is 20.2 Å². The molecule has 2 heterocycles. The van der Waals surface area contributed by atoms with Gasteiger partial charge in [-0.1, -0.05) is 11.6 Å². The van der Waals surface area contributed by atoms with Crippen LogP contribution in [0.25, 0.3) is 0 Å². The first-order chi connectivity index (χ1) is 8.69. The molecule has 0 aliphatic carbocycles. The van der Waals surface area contributed by atoms with Crippen LogP contribution in [0, 0.1) is 5.92 Å². The average Bonchev–Trinajstić information content (AvgIpc) is 2.41. The lowest BCUT2D eigenvalue weighted by atomic mass is 9.97. The van der Waals surface area contributed by atoms with Gasteiger partial charge < -0.3 is 4.74 Å². The Bertz CT molecular complexity index is 402. The van der Waals surface area contributed by atoms with Gasteiger partial charge >= 0.3 is 5.97 Å². The van der Waals surface area contributed by atoms with Gasteiger partial charge in [0.05, 0.1) is 31.1 Å². The molecule has 1 aliphatic rings. The Hall–Kier alpha value is -1.20. The molecule has 18 heavy (non-hydrogen) atoms. The SMILES string of the molecule is COC(=O)C1CCN(Cc2cnc(Cl)cn2)CC1. The summed E-state index contributed by atoms with van der Waals surface area (Å²) in [6.07, 6.45) is 4.92. The van der Waals surface area contributed by atoms with Crippen molar-refractivity contribution >= 4 is 17.6 Å². The summed E-state index contributed by atoms with van der Waals surface area (Å²) in [5, 5.41) is 0.406. The van der Waals surface area contributed by atoms with Gasteiger partial charge in [-0.05, 0) is 25.9 Å². The van der Waals surface area contributed by atoms with Crippen molar-refractivity contribution in [2.24, 2.45) is 5.92 Å². The molecule has 98 valence electrons. The Morgan fingerprint density at radius 1 is 1.44 bits per heavy atom. The largest absolute Gasteiger partial charge is 0.469 e. The summed E-state index contributed by atoms with van der Waals surface area (Å²) in [4.78, 5) is 21.9. The molecule has 0 N–H and O–H groups in total. The fourth-order valence-electron chi connectivity index (χ4n) is 2.14. The van der Waals surface area contributed by atoms with Crippen molar-refractivity contribution in [3.63, 3.8) is 0 Å². The summed E-state index contributed by atoms with van der Waals surface area (Å²) in [5.41, 5.74) is 0.899. The zero-order valence-electron chi connectivity index (χ0n) is 10.3. The Morgan fingerprint density at radius 3 is 2.72 bits per heavy atom. The van der Waals surface area contributed by atoms with E-state index in [0.29, 0.717) is 5.15 Å². The molecular formula is C12H16ClN3O2. The maximum absolute atomic E-state index is 11.4. The molecule has 5 nitrogen and oxygen atoms in total. The molecule has 0 atom stereocenters. The summed E-state index contributed by atoms with van der Waals surface area (Å²) in [6.45, 7) is 2.51. The fourth-order valence-corrected chi connectivity index (χ4v) is 2.24. The van der Waals surface area contributed by atoms with E-state index in [1.165, 1.54) is 7.11 Å². The van der Waals surface area contributed by atoms with E-state index in [4.69, 9.17) is 16.3 Å². The molecule has 1 aromatic heterocycles. The Labute approximate surface area is 111 Å². The van der Waals surface area contributed by atoms with E-state index in [1.54, 1.807) is 12.4 Å². The first-order valence-corrected chi connectivity index (χ1v) is 6.33. The molecule has 0 aromatic carbocycles. The number of esters is 1. The molecule has 0 saturated carbocycles. The molecule has 2 rings (SSSR count). The molecule has 0 unspecified atom stereocenters. The summed E-state index contributed by atoms with van der Waals surface area (Å²) in [5.74, 6) is -0.0523. The van der Waals surface area contributed by atoms with Crippen LogP contribution in [0.3, 0.4) is 0 Å². The number of nitrogens with zero attached hydrogens (tertiary/aromatic N) is 3. The monoisotopic (exact) mass is 269 g/mol. The number of rotatable bonds is 3. The third kappa shape index (κ3) is 3.40. The van der Waals surface area contributed by atoms with Crippen molar-refractivity contribution in [1.29, 1.82) is 0 Å². The van der Waals surface area contributed by atoms with Crippen LogP contribution in [0.2, 0.25) is 5.15 Å². The number of piperidine rings is 1. The highest BCUT2D eigenvalue weighted by molar-refractivity contribution is 6.29. The number of carbonyl (C=O) groups is 1. The molecule has 0 radical (unpaired) electrons. The molecule has 1 saturated heterocycles. The van der Waals surface area contributed by atoms with Gasteiger partial charge in [0.1, 0.15) is 5.15 Å². The highest BCUT2D eigenvalue weighted by Gasteiger charge is 2.25. The first kappa shape index (κ1) is 13.2. The Morgan fingerprint density at radius 2 is 2.17 bits per heavy atom. The van der Waals surface area contributed by atoms with E-state index in [9.17, 15) is 4.79 Å². The first-order valence-electron chi connectivity index (χ1n) is 5.95. The third-order valence-electron chi connectivity index (χ3n) is 3.18. The van der Waals surface area contributed by atoms with Crippen molar-refractivity contribution in [3.05, 3.63) is 23.2 Å². The molecule has 0 bridgehead atoms. The minimum atomic E-state index is -0.0964. The Kier molecular flexibility index (Phi) is 4.49. The lowest BCUT2D eigenvalue weighted by molar-refractivity contribution is -0.147. The number of aromatic nitrogens is 2. The van der Waals surface area contributed by atoms with Crippen molar-refractivity contribution < 1.29 is 9.53 Å². The van der Waals surface area contributed by atoms with E-state index >= 15 is 0 Å². The number of hydrogen-bond acceptors (Lipinski definition) is 5. The van der Waals surface area contributed by atoms with Crippen LogP contribution in [-0.2, 0) is 16.1 Å². The van der Waals surface area contributed by atoms with Gasteiger partial charge in [-0.2, -0.15) is 0 Å². The molecular weight excluding hydrogens is 254 g/mol. The minimum Gasteiger partial charge on any atom is -0.469 e. The van der Waals surface area contributed by atoms with E-state index < -0.39 is 0 Å². The minimum absolute atomic E-state index is 0.0440. The van der Waals surface area contributed by atoms with Gasteiger partial charge in [-0.15, -0.1) is 0 Å². The highest BCUT2D eigenvalue weighted by Crippen LogP contribution is 2.19. The molecule has 1 aliphatic heterocycles. The molecule has 6 heteroatoms. The predicted molar refractivity (Wildman–Crippen MR) is 67.1 cm³/mol. The van der Waals surface area contributed by atoms with Gasteiger partial charge in [-0.25, -0.2) is 4.98 Å². The van der Waals surface area contributed by atoms with Crippen LogP contribution in [0.15, 0.2) is 12.4 Å². The molecule has 0 amide bonds. The van der Waals surface area contributed by atoms with Gasteiger partial charge in [0.25, 0.3) is 0 Å². The third-order valence-corrected chi connectivity index (χ3v) is 3.38. The predicted octanol–water partition coefficient (Wildman–Crippen LogP) is 1.51. The number of hydrogen-bond donors (Lipinski definition) is 0. The average molecular weight is 270 g/mol. The van der Waals surface area contributed by atoms with Crippen LogP contribution >= 0.6 is 11.6 Å². The Balaban J connectivity index is 1.83. The van der Waals surface area contributed by atoms with Crippen LogP contribution in [0.1, 0.15) is 18.5 Å². The van der Waals surface area contributed by atoms with Gasteiger partial charge in [0, 0.05) is 6.54 Å². The van der Waals surface area contributed by atoms with Crippen LogP contribution in [0.4, 0.5) is 0 Å². The highest BCUT2D eigenvalue weighted by atomic mass is 35.5. The fraction of sp³-hybridized carbons (Fsp3) is 0.583. The van der Waals surface area contributed by atoms with E-state index in [0.717, 1.165) is 38.2 Å². The quantitative estimate of drug-likeness (QED) is 0.779. The topological polar surface area (TPSA) is 55.3 Å². The van der Waals surface area contributed by atoms with E-state index in [1.807, 2.05) is 0 Å². The standard InChI is InChI=1S/C12H16ClN3O2/c1-18-12(17)9-2-4-16(5-3-9)8-10-6-15-11(13)7-14-10/h6-7,9H,2-5,8H2,1H3. The number of halogens is 1. The summed E-state index contributed by atoms with van der Waals surface area (Å²) in [7, 11) is 1.44. The number of carbonyl (C=O) groups excluding carboxylic acids is 1. The number of ether oxygens (including phenoxy) is 1. The second-order valence-electron chi connectivity index (χ2n) is 4.40. The van der Waals surface area contributed by atoms with Crippen molar-refractivity contribution in [3.8, 4) is 0 Å². The lowest BCUT2D eigenvalue weighted by Gasteiger charge is -2.30.